The van der Waals surface area contributed by atoms with Gasteiger partial charge in [-0.3, -0.25) is 4.79 Å². The number of fused-ring (bicyclic) bond motifs is 4. The van der Waals surface area contributed by atoms with Crippen LogP contribution in [0, 0.1) is 18.8 Å². The summed E-state index contributed by atoms with van der Waals surface area (Å²) in [7, 11) is 1.70. The Morgan fingerprint density at radius 1 is 1.13 bits per heavy atom. The second-order valence-electron chi connectivity index (χ2n) is 9.08. The molecule has 4 heterocycles. The fraction of sp³-hybridized carbons (Fsp3) is 0.542. The third-order valence-electron chi connectivity index (χ3n) is 7.18. The van der Waals surface area contributed by atoms with Crippen molar-refractivity contribution in [2.45, 2.75) is 51.1 Å². The van der Waals surface area contributed by atoms with Gasteiger partial charge in [-0.05, 0) is 74.3 Å². The Balaban J connectivity index is 1.46. The van der Waals surface area contributed by atoms with Gasteiger partial charge in [0.1, 0.15) is 5.75 Å². The standard InChI is InChI=1S/C24H30N4O2/c1-16-9-10-23(26-25-16)27-14-18-13-19(15-27)22(28-21(18)7-4-8-24(28)29)12-17-5-3-6-20(11-17)30-2/h3,5-6,9-11,18-19,21-22H,4,7-8,12-15H2,1-2H3/t18-,19+,21+,22+/m1/s1. The zero-order valence-corrected chi connectivity index (χ0v) is 17.8. The number of ether oxygens (including phenoxy) is 1. The summed E-state index contributed by atoms with van der Waals surface area (Å²) in [6, 6.07) is 13.0. The van der Waals surface area contributed by atoms with Crippen molar-refractivity contribution in [1.82, 2.24) is 15.1 Å². The van der Waals surface area contributed by atoms with Crippen molar-refractivity contribution in [2.24, 2.45) is 11.8 Å². The van der Waals surface area contributed by atoms with Gasteiger partial charge in [0.15, 0.2) is 5.82 Å². The summed E-state index contributed by atoms with van der Waals surface area (Å²) in [4.78, 5) is 17.7. The molecule has 3 saturated heterocycles. The first-order valence-corrected chi connectivity index (χ1v) is 11.1. The summed E-state index contributed by atoms with van der Waals surface area (Å²) in [6.07, 6.45) is 4.89. The van der Waals surface area contributed by atoms with Crippen LogP contribution in [-0.4, -0.2) is 53.3 Å². The van der Waals surface area contributed by atoms with Crippen LogP contribution >= 0.6 is 0 Å². The maximum absolute atomic E-state index is 13.0. The molecular weight excluding hydrogens is 376 g/mol. The lowest BCUT2D eigenvalue weighted by atomic mass is 9.70. The summed E-state index contributed by atoms with van der Waals surface area (Å²) >= 11 is 0. The molecule has 4 atom stereocenters. The van der Waals surface area contributed by atoms with Crippen LogP contribution in [0.4, 0.5) is 5.82 Å². The number of amides is 1. The van der Waals surface area contributed by atoms with Gasteiger partial charge in [0.2, 0.25) is 5.91 Å². The van der Waals surface area contributed by atoms with Gasteiger partial charge in [-0.2, -0.15) is 5.10 Å². The molecule has 3 fully saturated rings. The van der Waals surface area contributed by atoms with Crippen LogP contribution in [0.1, 0.15) is 36.9 Å². The molecule has 0 unspecified atom stereocenters. The predicted molar refractivity (Wildman–Crippen MR) is 116 cm³/mol. The maximum atomic E-state index is 13.0. The fourth-order valence-corrected chi connectivity index (χ4v) is 5.83. The highest BCUT2D eigenvalue weighted by molar-refractivity contribution is 5.78. The van der Waals surface area contributed by atoms with Crippen LogP contribution in [0.5, 0.6) is 5.75 Å². The first-order chi connectivity index (χ1) is 14.6. The van der Waals surface area contributed by atoms with Crippen LogP contribution in [0.25, 0.3) is 0 Å². The molecule has 3 aliphatic heterocycles. The monoisotopic (exact) mass is 406 g/mol. The number of hydrogen-bond donors (Lipinski definition) is 0. The number of piperidine rings is 3. The van der Waals surface area contributed by atoms with Gasteiger partial charge in [0, 0.05) is 31.6 Å². The summed E-state index contributed by atoms with van der Waals surface area (Å²) < 4.78 is 5.43. The number of aromatic nitrogens is 2. The largest absolute Gasteiger partial charge is 0.497 e. The summed E-state index contributed by atoms with van der Waals surface area (Å²) in [5.74, 6) is 3.14. The number of benzene rings is 1. The van der Waals surface area contributed by atoms with Crippen molar-refractivity contribution in [3.63, 3.8) is 0 Å². The Kier molecular flexibility index (Phi) is 5.09. The Morgan fingerprint density at radius 2 is 2.00 bits per heavy atom. The molecule has 1 aromatic heterocycles. The Hall–Kier alpha value is -2.63. The summed E-state index contributed by atoms with van der Waals surface area (Å²) in [6.45, 7) is 3.87. The van der Waals surface area contributed by atoms with Crippen LogP contribution in [0.3, 0.4) is 0 Å². The molecule has 6 heteroatoms. The van der Waals surface area contributed by atoms with Crippen molar-refractivity contribution in [2.75, 3.05) is 25.1 Å². The van der Waals surface area contributed by atoms with E-state index in [-0.39, 0.29) is 6.04 Å². The predicted octanol–water partition coefficient (Wildman–Crippen LogP) is 3.24. The SMILES string of the molecule is COc1cccc(C[C@H]2[C@H]3C[C@H](CN(c4ccc(C)nn4)C3)[C@@H]3CCCC(=O)N32)c1. The first-order valence-electron chi connectivity index (χ1n) is 11.1. The van der Waals surface area contributed by atoms with E-state index in [2.05, 4.69) is 38.2 Å². The topological polar surface area (TPSA) is 58.6 Å². The van der Waals surface area contributed by atoms with E-state index < -0.39 is 0 Å². The lowest BCUT2D eigenvalue weighted by Crippen LogP contribution is -2.65. The molecule has 30 heavy (non-hydrogen) atoms. The van der Waals surface area contributed by atoms with Crippen molar-refractivity contribution < 1.29 is 9.53 Å². The molecule has 1 amide bonds. The van der Waals surface area contributed by atoms with Gasteiger partial charge in [-0.15, -0.1) is 5.10 Å². The molecular formula is C24H30N4O2. The van der Waals surface area contributed by atoms with E-state index in [1.165, 1.54) is 12.0 Å². The lowest BCUT2D eigenvalue weighted by Gasteiger charge is -2.57. The zero-order valence-electron chi connectivity index (χ0n) is 17.8. The van der Waals surface area contributed by atoms with Crippen LogP contribution in [0.2, 0.25) is 0 Å². The Labute approximate surface area is 178 Å². The zero-order chi connectivity index (χ0) is 20.7. The summed E-state index contributed by atoms with van der Waals surface area (Å²) in [5, 5.41) is 8.74. The quantitative estimate of drug-likeness (QED) is 0.780. The third kappa shape index (κ3) is 3.53. The van der Waals surface area contributed by atoms with Crippen LogP contribution < -0.4 is 9.64 Å². The molecule has 0 radical (unpaired) electrons. The highest BCUT2D eigenvalue weighted by Gasteiger charge is 2.49. The van der Waals surface area contributed by atoms with E-state index in [4.69, 9.17) is 4.74 Å². The van der Waals surface area contributed by atoms with E-state index in [9.17, 15) is 4.79 Å². The Bertz CT molecular complexity index is 916. The van der Waals surface area contributed by atoms with E-state index in [1.807, 2.05) is 25.1 Å². The summed E-state index contributed by atoms with van der Waals surface area (Å²) in [5.41, 5.74) is 2.18. The number of methoxy groups -OCH3 is 1. The first kappa shape index (κ1) is 19.3. The minimum atomic E-state index is 0.229. The number of anilines is 1. The van der Waals surface area contributed by atoms with Crippen molar-refractivity contribution >= 4 is 11.7 Å². The molecule has 0 saturated carbocycles. The minimum absolute atomic E-state index is 0.229. The molecule has 6 nitrogen and oxygen atoms in total. The average Bonchev–Trinajstić information content (AvgIpc) is 2.77. The third-order valence-corrected chi connectivity index (χ3v) is 7.18. The van der Waals surface area contributed by atoms with Crippen LogP contribution in [0.15, 0.2) is 36.4 Å². The number of nitrogens with zero attached hydrogens (tertiary/aromatic N) is 4. The fourth-order valence-electron chi connectivity index (χ4n) is 5.83. The molecule has 158 valence electrons. The Morgan fingerprint density at radius 3 is 2.80 bits per heavy atom. The van der Waals surface area contributed by atoms with Gasteiger partial charge in [0.25, 0.3) is 0 Å². The number of carbonyl (C=O) groups excluding carboxylic acids is 1. The molecule has 3 aliphatic rings. The number of carbonyl (C=O) groups is 1. The normalized spacial score (nSPS) is 28.3. The molecule has 2 bridgehead atoms. The highest BCUT2D eigenvalue weighted by Crippen LogP contribution is 2.43. The molecule has 1 aromatic carbocycles. The number of rotatable bonds is 4. The van der Waals surface area contributed by atoms with Gasteiger partial charge in [-0.1, -0.05) is 12.1 Å². The van der Waals surface area contributed by atoms with Gasteiger partial charge < -0.3 is 14.5 Å². The van der Waals surface area contributed by atoms with E-state index in [0.717, 1.165) is 49.6 Å². The molecule has 0 N–H and O–H groups in total. The van der Waals surface area contributed by atoms with Gasteiger partial charge in [-0.25, -0.2) is 0 Å². The average molecular weight is 407 g/mol. The molecule has 0 aliphatic carbocycles. The van der Waals surface area contributed by atoms with E-state index in [0.29, 0.717) is 30.2 Å². The molecule has 2 aromatic rings. The van der Waals surface area contributed by atoms with Crippen molar-refractivity contribution in [1.29, 1.82) is 0 Å². The smallest absolute Gasteiger partial charge is 0.223 e. The number of hydrogen-bond acceptors (Lipinski definition) is 5. The van der Waals surface area contributed by atoms with Gasteiger partial charge >= 0.3 is 0 Å². The molecule has 0 spiro atoms. The second-order valence-corrected chi connectivity index (χ2v) is 9.08. The highest BCUT2D eigenvalue weighted by atomic mass is 16.5. The minimum Gasteiger partial charge on any atom is -0.497 e. The van der Waals surface area contributed by atoms with E-state index >= 15 is 0 Å². The number of aryl methyl sites for hydroxylation is 1. The van der Waals surface area contributed by atoms with Gasteiger partial charge in [0.05, 0.1) is 12.8 Å². The molecule has 5 rings (SSSR count). The maximum Gasteiger partial charge on any atom is 0.223 e. The van der Waals surface area contributed by atoms with E-state index in [1.54, 1.807) is 7.11 Å². The lowest BCUT2D eigenvalue weighted by molar-refractivity contribution is -0.148. The van der Waals surface area contributed by atoms with Crippen molar-refractivity contribution in [3.05, 3.63) is 47.7 Å². The van der Waals surface area contributed by atoms with Crippen molar-refractivity contribution in [3.8, 4) is 5.75 Å². The van der Waals surface area contributed by atoms with Crippen LogP contribution in [-0.2, 0) is 11.2 Å². The second kappa shape index (κ2) is 7.89.